The Hall–Kier alpha value is -2.83. The smallest absolute Gasteiger partial charge is 0.228 e. The lowest BCUT2D eigenvalue weighted by Gasteiger charge is -2.43. The Morgan fingerprint density at radius 3 is 2.17 bits per heavy atom. The molecule has 2 aromatic carbocycles. The molecule has 1 atom stereocenters. The normalized spacial score (nSPS) is 20.6. The molecule has 2 aromatic rings. The first kappa shape index (κ1) is 24.8. The zero-order chi connectivity index (χ0) is 25.1. The second-order valence-electron chi connectivity index (χ2n) is 10.8. The Morgan fingerprint density at radius 1 is 0.972 bits per heavy atom. The van der Waals surface area contributed by atoms with Crippen molar-refractivity contribution in [2.24, 2.45) is 11.8 Å². The number of halogens is 2. The summed E-state index contributed by atoms with van der Waals surface area (Å²) in [4.78, 5) is 14.1. The molecular weight excluding hydrogens is 460 g/mol. The van der Waals surface area contributed by atoms with E-state index in [1.165, 1.54) is 18.6 Å². The van der Waals surface area contributed by atoms with Crippen molar-refractivity contribution < 1.29 is 18.3 Å². The van der Waals surface area contributed by atoms with Crippen LogP contribution >= 0.6 is 0 Å². The van der Waals surface area contributed by atoms with Gasteiger partial charge in [-0.1, -0.05) is 56.7 Å². The SMILES string of the molecule is Cc1ccccc1OCC1(C(C(=O)NC2CCCCC2)C2CCCCC2)Nc2cc(F)c(F)cc2N1. The zero-order valence-electron chi connectivity index (χ0n) is 21.0. The van der Waals surface area contributed by atoms with Crippen LogP contribution in [0.2, 0.25) is 0 Å². The van der Waals surface area contributed by atoms with E-state index in [1.54, 1.807) is 0 Å². The van der Waals surface area contributed by atoms with Crippen molar-refractivity contribution in [1.29, 1.82) is 0 Å². The highest BCUT2D eigenvalue weighted by Crippen LogP contribution is 2.45. The van der Waals surface area contributed by atoms with Gasteiger partial charge in [-0.2, -0.15) is 0 Å². The molecule has 3 aliphatic rings. The number of carbonyl (C=O) groups excluding carboxylic acids is 1. The number of amides is 1. The van der Waals surface area contributed by atoms with Crippen molar-refractivity contribution in [2.75, 3.05) is 17.2 Å². The fraction of sp³-hybridized carbons (Fsp3) is 0.552. The molecule has 5 rings (SSSR count). The highest BCUT2D eigenvalue weighted by molar-refractivity contribution is 5.86. The maximum atomic E-state index is 14.2. The van der Waals surface area contributed by atoms with Gasteiger partial charge >= 0.3 is 0 Å². The predicted molar refractivity (Wildman–Crippen MR) is 138 cm³/mol. The average molecular weight is 498 g/mol. The van der Waals surface area contributed by atoms with Crippen molar-refractivity contribution in [2.45, 2.75) is 82.8 Å². The molecule has 7 heteroatoms. The molecule has 2 aliphatic carbocycles. The Morgan fingerprint density at radius 2 is 1.56 bits per heavy atom. The van der Waals surface area contributed by atoms with E-state index in [0.29, 0.717) is 11.4 Å². The molecule has 1 aliphatic heterocycles. The molecule has 2 saturated carbocycles. The fourth-order valence-electron chi connectivity index (χ4n) is 6.34. The van der Waals surface area contributed by atoms with Gasteiger partial charge in [0.05, 0.1) is 17.3 Å². The monoisotopic (exact) mass is 497 g/mol. The number of benzene rings is 2. The summed E-state index contributed by atoms with van der Waals surface area (Å²) in [7, 11) is 0. The first-order valence-electron chi connectivity index (χ1n) is 13.5. The van der Waals surface area contributed by atoms with E-state index in [1.807, 2.05) is 31.2 Å². The topological polar surface area (TPSA) is 62.4 Å². The van der Waals surface area contributed by atoms with Gasteiger partial charge in [-0.3, -0.25) is 4.79 Å². The summed E-state index contributed by atoms with van der Waals surface area (Å²) in [5, 5.41) is 10.2. The second-order valence-corrected chi connectivity index (χ2v) is 10.8. The lowest BCUT2D eigenvalue weighted by molar-refractivity contribution is -0.130. The van der Waals surface area contributed by atoms with Gasteiger partial charge in [-0.15, -0.1) is 0 Å². The summed E-state index contributed by atoms with van der Waals surface area (Å²) < 4.78 is 34.7. The van der Waals surface area contributed by atoms with E-state index >= 15 is 0 Å². The van der Waals surface area contributed by atoms with Crippen LogP contribution in [0.5, 0.6) is 5.75 Å². The molecule has 3 N–H and O–H groups in total. The molecule has 0 spiro atoms. The first-order chi connectivity index (χ1) is 17.4. The van der Waals surface area contributed by atoms with Crippen LogP contribution in [0.4, 0.5) is 20.2 Å². The molecule has 1 amide bonds. The Balaban J connectivity index is 1.50. The highest BCUT2D eigenvalue weighted by Gasteiger charge is 2.52. The number of aryl methyl sites for hydroxylation is 1. The summed E-state index contributed by atoms with van der Waals surface area (Å²) in [6.07, 6.45) is 10.6. The molecule has 0 aromatic heterocycles. The minimum Gasteiger partial charge on any atom is -0.489 e. The van der Waals surface area contributed by atoms with Gasteiger partial charge in [0.1, 0.15) is 12.4 Å². The summed E-state index contributed by atoms with van der Waals surface area (Å²) in [5.74, 6) is -1.45. The van der Waals surface area contributed by atoms with Crippen LogP contribution in [0.25, 0.3) is 0 Å². The van der Waals surface area contributed by atoms with E-state index < -0.39 is 23.2 Å². The maximum Gasteiger partial charge on any atom is 0.228 e. The van der Waals surface area contributed by atoms with Crippen molar-refractivity contribution >= 4 is 17.3 Å². The number of ether oxygens (including phenoxy) is 1. The third kappa shape index (κ3) is 5.16. The lowest BCUT2D eigenvalue weighted by Crippen LogP contribution is -2.61. The number of para-hydroxylation sites is 1. The van der Waals surface area contributed by atoms with Crippen LogP contribution in [0.15, 0.2) is 36.4 Å². The van der Waals surface area contributed by atoms with Gasteiger partial charge in [-0.25, -0.2) is 8.78 Å². The second kappa shape index (κ2) is 10.7. The summed E-state index contributed by atoms with van der Waals surface area (Å²) in [6, 6.07) is 10.3. The van der Waals surface area contributed by atoms with E-state index in [9.17, 15) is 13.6 Å². The number of rotatable bonds is 7. The standard InChI is InChI=1S/C29H37F2N3O2/c1-19-10-8-9-15-26(19)36-18-29(33-24-16-22(30)23(31)17-25(24)34-29)27(20-11-4-2-5-12-20)28(35)32-21-13-6-3-7-14-21/h8-10,15-17,20-21,27,33-34H,2-7,11-14,18H2,1H3,(H,32,35). The summed E-state index contributed by atoms with van der Waals surface area (Å²) in [6.45, 7) is 2.11. The van der Waals surface area contributed by atoms with Crippen molar-refractivity contribution in [3.05, 3.63) is 53.6 Å². The summed E-state index contributed by atoms with van der Waals surface area (Å²) in [5.41, 5.74) is 0.856. The number of hydrogen-bond donors (Lipinski definition) is 3. The van der Waals surface area contributed by atoms with Crippen LogP contribution in [0, 0.1) is 30.4 Å². The van der Waals surface area contributed by atoms with Gasteiger partial charge in [0.15, 0.2) is 17.3 Å². The van der Waals surface area contributed by atoms with Crippen molar-refractivity contribution in [3.63, 3.8) is 0 Å². The molecule has 36 heavy (non-hydrogen) atoms. The average Bonchev–Trinajstić information content (AvgIpc) is 3.22. The highest BCUT2D eigenvalue weighted by atomic mass is 19.2. The van der Waals surface area contributed by atoms with E-state index in [0.717, 1.165) is 69.1 Å². The van der Waals surface area contributed by atoms with Crippen LogP contribution in [-0.2, 0) is 4.79 Å². The third-order valence-corrected chi connectivity index (χ3v) is 8.21. The number of fused-ring (bicyclic) bond motifs is 1. The maximum absolute atomic E-state index is 14.2. The van der Waals surface area contributed by atoms with E-state index in [-0.39, 0.29) is 24.5 Å². The molecule has 2 fully saturated rings. The molecule has 5 nitrogen and oxygen atoms in total. The molecule has 1 unspecified atom stereocenters. The van der Waals surface area contributed by atoms with E-state index in [2.05, 4.69) is 16.0 Å². The van der Waals surface area contributed by atoms with Crippen LogP contribution in [0.3, 0.4) is 0 Å². The van der Waals surface area contributed by atoms with Gasteiger partial charge in [0.2, 0.25) is 5.91 Å². The lowest BCUT2D eigenvalue weighted by atomic mass is 9.73. The minimum atomic E-state index is -1.04. The van der Waals surface area contributed by atoms with Gasteiger partial charge in [-0.05, 0) is 50.2 Å². The van der Waals surface area contributed by atoms with Crippen LogP contribution < -0.4 is 20.7 Å². The van der Waals surface area contributed by atoms with Crippen molar-refractivity contribution in [1.82, 2.24) is 5.32 Å². The fourth-order valence-corrected chi connectivity index (χ4v) is 6.34. The van der Waals surface area contributed by atoms with Crippen molar-refractivity contribution in [3.8, 4) is 5.75 Å². The third-order valence-electron chi connectivity index (χ3n) is 8.21. The molecule has 194 valence electrons. The molecule has 0 bridgehead atoms. The van der Waals surface area contributed by atoms with Gasteiger partial charge in [0.25, 0.3) is 0 Å². The number of hydrogen-bond acceptors (Lipinski definition) is 4. The minimum absolute atomic E-state index is 0.00377. The largest absolute Gasteiger partial charge is 0.489 e. The Labute approximate surface area is 212 Å². The summed E-state index contributed by atoms with van der Waals surface area (Å²) >= 11 is 0. The molecule has 0 saturated heterocycles. The first-order valence-corrected chi connectivity index (χ1v) is 13.5. The molecule has 0 radical (unpaired) electrons. The molecule has 1 heterocycles. The zero-order valence-corrected chi connectivity index (χ0v) is 21.0. The van der Waals surface area contributed by atoms with Gasteiger partial charge < -0.3 is 20.7 Å². The Bertz CT molecular complexity index is 1050. The Kier molecular flexibility index (Phi) is 7.35. The predicted octanol–water partition coefficient (Wildman–Crippen LogP) is 6.53. The number of carbonyl (C=O) groups is 1. The number of nitrogens with one attached hydrogen (secondary N) is 3. The van der Waals surface area contributed by atoms with Crippen LogP contribution in [0.1, 0.15) is 69.8 Å². The van der Waals surface area contributed by atoms with Crippen LogP contribution in [-0.4, -0.2) is 24.2 Å². The van der Waals surface area contributed by atoms with Gasteiger partial charge in [0, 0.05) is 18.2 Å². The number of anilines is 2. The quantitative estimate of drug-likeness (QED) is 0.407. The van der Waals surface area contributed by atoms with E-state index in [4.69, 9.17) is 4.74 Å². The molecular formula is C29H37F2N3O2.